The molecule has 88 valence electrons. The van der Waals surface area contributed by atoms with Crippen molar-refractivity contribution in [1.29, 1.82) is 0 Å². The quantitative estimate of drug-likeness (QED) is 0.602. The molecule has 0 atom stereocenters. The van der Waals surface area contributed by atoms with E-state index in [0.717, 1.165) is 21.8 Å². The highest BCUT2D eigenvalue weighted by Crippen LogP contribution is 2.30. The molecule has 0 radical (unpaired) electrons. The molecule has 2 aromatic rings. The zero-order valence-corrected chi connectivity index (χ0v) is 10.7. The topological polar surface area (TPSA) is 56.0 Å². The molecule has 0 unspecified atom stereocenters. The molecule has 1 aromatic carbocycles. The minimum Gasteiger partial charge on any atom is -0.258 e. The van der Waals surface area contributed by atoms with Gasteiger partial charge in [-0.1, -0.05) is 0 Å². The van der Waals surface area contributed by atoms with E-state index in [1.54, 1.807) is 24.3 Å². The number of nitro groups is 1. The Kier molecular flexibility index (Phi) is 2.93. The molecule has 0 aliphatic carbocycles. The number of thiazole rings is 1. The molecule has 0 spiro atoms. The molecule has 2 rings (SSSR count). The summed E-state index contributed by atoms with van der Waals surface area (Å²) >= 11 is 1.58. The van der Waals surface area contributed by atoms with Gasteiger partial charge >= 0.3 is 0 Å². The third-order valence-electron chi connectivity index (χ3n) is 2.63. The fraction of sp³-hybridized carbons (Fsp3) is 0.250. The second kappa shape index (κ2) is 4.25. The summed E-state index contributed by atoms with van der Waals surface area (Å²) in [5.41, 5.74) is 3.58. The fourth-order valence-electron chi connectivity index (χ4n) is 1.76. The number of aryl methyl sites for hydroxylation is 3. The number of nitro benzene ring substituents is 1. The van der Waals surface area contributed by atoms with Gasteiger partial charge in [0.15, 0.2) is 0 Å². The van der Waals surface area contributed by atoms with E-state index >= 15 is 0 Å². The van der Waals surface area contributed by atoms with Crippen molar-refractivity contribution in [2.45, 2.75) is 20.8 Å². The number of rotatable bonds is 2. The molecule has 5 heteroatoms. The van der Waals surface area contributed by atoms with E-state index in [1.165, 1.54) is 0 Å². The Morgan fingerprint density at radius 1 is 1.24 bits per heavy atom. The molecule has 0 amide bonds. The summed E-state index contributed by atoms with van der Waals surface area (Å²) in [5, 5.41) is 13.8. The van der Waals surface area contributed by atoms with Crippen LogP contribution in [0, 0.1) is 30.9 Å². The number of aromatic nitrogens is 1. The van der Waals surface area contributed by atoms with Gasteiger partial charge in [-0.05, 0) is 32.4 Å². The number of benzene rings is 1. The van der Waals surface area contributed by atoms with E-state index in [9.17, 15) is 10.1 Å². The lowest BCUT2D eigenvalue weighted by atomic mass is 10.0. The third kappa shape index (κ3) is 2.19. The maximum absolute atomic E-state index is 10.8. The van der Waals surface area contributed by atoms with Gasteiger partial charge in [0.05, 0.1) is 15.6 Å². The highest BCUT2D eigenvalue weighted by atomic mass is 32.1. The second-order valence-corrected chi connectivity index (χ2v) is 5.02. The Bertz CT molecular complexity index is 590. The van der Waals surface area contributed by atoms with E-state index < -0.39 is 0 Å². The van der Waals surface area contributed by atoms with Gasteiger partial charge < -0.3 is 0 Å². The molecule has 1 aromatic heterocycles. The molecule has 0 bridgehead atoms. The monoisotopic (exact) mass is 248 g/mol. The van der Waals surface area contributed by atoms with Gasteiger partial charge in [0.25, 0.3) is 5.69 Å². The lowest BCUT2D eigenvalue weighted by Gasteiger charge is -2.05. The lowest BCUT2D eigenvalue weighted by Crippen LogP contribution is -1.94. The van der Waals surface area contributed by atoms with Gasteiger partial charge in [0.2, 0.25) is 0 Å². The Labute approximate surface area is 103 Å². The SMILES string of the molecule is Cc1nc(-c2cc(C)c([N+](=O)[O-])cc2C)cs1. The first-order valence-electron chi connectivity index (χ1n) is 5.17. The molecule has 0 aliphatic heterocycles. The van der Waals surface area contributed by atoms with Crippen LogP contribution in [0.4, 0.5) is 5.69 Å². The minimum absolute atomic E-state index is 0.165. The van der Waals surface area contributed by atoms with Gasteiger partial charge in [0.1, 0.15) is 0 Å². The Morgan fingerprint density at radius 2 is 1.94 bits per heavy atom. The van der Waals surface area contributed by atoms with Crippen molar-refractivity contribution in [3.8, 4) is 11.3 Å². The van der Waals surface area contributed by atoms with Crippen LogP contribution in [0.15, 0.2) is 17.5 Å². The summed E-state index contributed by atoms with van der Waals surface area (Å²) in [7, 11) is 0. The molecule has 0 N–H and O–H groups in total. The second-order valence-electron chi connectivity index (χ2n) is 3.96. The van der Waals surface area contributed by atoms with Crippen LogP contribution < -0.4 is 0 Å². The Morgan fingerprint density at radius 3 is 2.47 bits per heavy atom. The molecule has 4 nitrogen and oxygen atoms in total. The number of hydrogen-bond donors (Lipinski definition) is 0. The zero-order valence-electron chi connectivity index (χ0n) is 9.85. The average Bonchev–Trinajstić information content (AvgIpc) is 2.67. The molecule has 0 saturated carbocycles. The fourth-order valence-corrected chi connectivity index (χ4v) is 2.37. The molecule has 0 aliphatic rings. The van der Waals surface area contributed by atoms with Crippen LogP contribution in [0.3, 0.4) is 0 Å². The summed E-state index contributed by atoms with van der Waals surface area (Å²) in [5.74, 6) is 0. The van der Waals surface area contributed by atoms with Crippen LogP contribution in [-0.4, -0.2) is 9.91 Å². The van der Waals surface area contributed by atoms with Gasteiger partial charge in [-0.15, -0.1) is 11.3 Å². The molecule has 1 heterocycles. The largest absolute Gasteiger partial charge is 0.272 e. The predicted molar refractivity (Wildman–Crippen MR) is 68.4 cm³/mol. The van der Waals surface area contributed by atoms with E-state index in [1.807, 2.05) is 25.3 Å². The van der Waals surface area contributed by atoms with Crippen LogP contribution in [0.1, 0.15) is 16.1 Å². The Hall–Kier alpha value is -1.75. The van der Waals surface area contributed by atoms with Crippen LogP contribution in [0.5, 0.6) is 0 Å². The van der Waals surface area contributed by atoms with Crippen molar-refractivity contribution in [2.24, 2.45) is 0 Å². The van der Waals surface area contributed by atoms with Crippen LogP contribution in [0.25, 0.3) is 11.3 Å². The van der Waals surface area contributed by atoms with Crippen molar-refractivity contribution >= 4 is 17.0 Å². The smallest absolute Gasteiger partial charge is 0.258 e. The highest BCUT2D eigenvalue weighted by molar-refractivity contribution is 7.09. The molecule has 0 fully saturated rings. The van der Waals surface area contributed by atoms with Crippen LogP contribution >= 0.6 is 11.3 Å². The minimum atomic E-state index is -0.349. The van der Waals surface area contributed by atoms with Gasteiger partial charge in [-0.25, -0.2) is 4.98 Å². The van der Waals surface area contributed by atoms with Crippen LogP contribution in [-0.2, 0) is 0 Å². The van der Waals surface area contributed by atoms with Gasteiger partial charge in [-0.3, -0.25) is 10.1 Å². The maximum atomic E-state index is 10.8. The molecular formula is C12H12N2O2S. The number of hydrogen-bond acceptors (Lipinski definition) is 4. The first kappa shape index (κ1) is 11.7. The predicted octanol–water partition coefficient (Wildman–Crippen LogP) is 3.64. The Balaban J connectivity index is 2.57. The molecular weight excluding hydrogens is 236 g/mol. The first-order chi connectivity index (χ1) is 7.99. The highest BCUT2D eigenvalue weighted by Gasteiger charge is 2.15. The van der Waals surface area contributed by atoms with Gasteiger partial charge in [0, 0.05) is 22.6 Å². The van der Waals surface area contributed by atoms with Crippen molar-refractivity contribution < 1.29 is 4.92 Å². The van der Waals surface area contributed by atoms with Gasteiger partial charge in [-0.2, -0.15) is 0 Å². The summed E-state index contributed by atoms with van der Waals surface area (Å²) in [6.45, 7) is 5.57. The summed E-state index contributed by atoms with van der Waals surface area (Å²) in [6, 6.07) is 3.45. The van der Waals surface area contributed by atoms with E-state index in [-0.39, 0.29) is 10.6 Å². The molecule has 0 saturated heterocycles. The van der Waals surface area contributed by atoms with E-state index in [0.29, 0.717) is 5.56 Å². The van der Waals surface area contributed by atoms with Crippen LogP contribution in [0.2, 0.25) is 0 Å². The molecule has 17 heavy (non-hydrogen) atoms. The first-order valence-corrected chi connectivity index (χ1v) is 6.05. The van der Waals surface area contributed by atoms with E-state index in [2.05, 4.69) is 4.98 Å². The standard InChI is InChI=1S/C12H12N2O2S/c1-7-5-12(14(15)16)8(2)4-10(7)11-6-17-9(3)13-11/h4-6H,1-3H3. The summed E-state index contributed by atoms with van der Waals surface area (Å²) in [4.78, 5) is 14.9. The summed E-state index contributed by atoms with van der Waals surface area (Å²) < 4.78 is 0. The third-order valence-corrected chi connectivity index (χ3v) is 3.41. The van der Waals surface area contributed by atoms with Crippen molar-refractivity contribution in [2.75, 3.05) is 0 Å². The average molecular weight is 248 g/mol. The zero-order chi connectivity index (χ0) is 12.6. The normalized spacial score (nSPS) is 10.5. The number of nitrogens with zero attached hydrogens (tertiary/aromatic N) is 2. The van der Waals surface area contributed by atoms with Crippen molar-refractivity contribution in [3.63, 3.8) is 0 Å². The van der Waals surface area contributed by atoms with Crippen molar-refractivity contribution in [1.82, 2.24) is 4.98 Å². The summed E-state index contributed by atoms with van der Waals surface area (Å²) in [6.07, 6.45) is 0. The van der Waals surface area contributed by atoms with Crippen molar-refractivity contribution in [3.05, 3.63) is 43.8 Å². The maximum Gasteiger partial charge on any atom is 0.272 e. The van der Waals surface area contributed by atoms with E-state index in [4.69, 9.17) is 0 Å². The lowest BCUT2D eigenvalue weighted by molar-refractivity contribution is -0.385.